The number of nitrogens with one attached hydrogen (secondary N) is 1. The maximum Gasteiger partial charge on any atom is 0.215 e. The van der Waals surface area contributed by atoms with E-state index in [2.05, 4.69) is 4.72 Å². The van der Waals surface area contributed by atoms with Gasteiger partial charge in [-0.3, -0.25) is 0 Å². The molecule has 3 N–H and O–H groups in total. The molecule has 0 aromatic rings. The number of hydrogen-bond donors (Lipinski definition) is 2. The fraction of sp³-hybridized carbons (Fsp3) is 1.00. The van der Waals surface area contributed by atoms with Crippen LogP contribution in [-0.4, -0.2) is 26.3 Å². The predicted molar refractivity (Wildman–Crippen MR) is 59.5 cm³/mol. The third kappa shape index (κ3) is 3.94. The van der Waals surface area contributed by atoms with Crippen molar-refractivity contribution >= 4 is 10.0 Å². The number of rotatable bonds is 6. The highest BCUT2D eigenvalue weighted by atomic mass is 32.2. The van der Waals surface area contributed by atoms with Crippen LogP contribution in [0.3, 0.4) is 0 Å². The summed E-state index contributed by atoms with van der Waals surface area (Å²) in [6.45, 7) is 7.84. The average molecular weight is 222 g/mol. The largest absolute Gasteiger partial charge is 0.329 e. The van der Waals surface area contributed by atoms with Gasteiger partial charge in [0.1, 0.15) is 0 Å². The average Bonchev–Trinajstić information content (AvgIpc) is 2.04. The Hall–Kier alpha value is -0.130. The first-order valence-electron chi connectivity index (χ1n) is 5.06. The molecule has 0 bridgehead atoms. The second-order valence-corrected chi connectivity index (χ2v) is 5.95. The van der Waals surface area contributed by atoms with Gasteiger partial charge in [-0.05, 0) is 19.3 Å². The van der Waals surface area contributed by atoms with Gasteiger partial charge in [-0.2, -0.15) is 0 Å². The van der Waals surface area contributed by atoms with E-state index in [-0.39, 0.29) is 12.6 Å². The molecule has 14 heavy (non-hydrogen) atoms. The number of hydrogen-bond acceptors (Lipinski definition) is 3. The lowest BCUT2D eigenvalue weighted by Gasteiger charge is -2.21. The summed E-state index contributed by atoms with van der Waals surface area (Å²) in [6.07, 6.45) is 0.552. The van der Waals surface area contributed by atoms with E-state index >= 15 is 0 Å². The Balaban J connectivity index is 4.48. The molecule has 4 nitrogen and oxygen atoms in total. The van der Waals surface area contributed by atoms with Crippen LogP contribution >= 0.6 is 0 Å². The van der Waals surface area contributed by atoms with Gasteiger partial charge in [-0.15, -0.1) is 0 Å². The summed E-state index contributed by atoms with van der Waals surface area (Å²) in [4.78, 5) is 0. The smallest absolute Gasteiger partial charge is 0.215 e. The van der Waals surface area contributed by atoms with Crippen LogP contribution in [0.15, 0.2) is 0 Å². The van der Waals surface area contributed by atoms with Gasteiger partial charge in [0, 0.05) is 12.6 Å². The van der Waals surface area contributed by atoms with Crippen LogP contribution < -0.4 is 10.5 Å². The van der Waals surface area contributed by atoms with Gasteiger partial charge >= 0.3 is 0 Å². The summed E-state index contributed by atoms with van der Waals surface area (Å²) in [6, 6.07) is -0.0411. The normalized spacial score (nSPS) is 17.0. The molecule has 0 aromatic carbocycles. The van der Waals surface area contributed by atoms with Crippen molar-refractivity contribution in [1.29, 1.82) is 0 Å². The second-order valence-electron chi connectivity index (χ2n) is 3.96. The maximum absolute atomic E-state index is 11.7. The van der Waals surface area contributed by atoms with E-state index in [0.717, 1.165) is 0 Å². The molecule has 0 saturated carbocycles. The molecule has 0 aliphatic carbocycles. The third-order valence-electron chi connectivity index (χ3n) is 2.51. The Bertz CT molecular complexity index is 246. The van der Waals surface area contributed by atoms with Crippen molar-refractivity contribution < 1.29 is 8.42 Å². The Morgan fingerprint density at radius 3 is 2.07 bits per heavy atom. The third-order valence-corrected chi connectivity index (χ3v) is 4.61. The van der Waals surface area contributed by atoms with Crippen LogP contribution in [0.4, 0.5) is 0 Å². The molecule has 0 radical (unpaired) electrons. The topological polar surface area (TPSA) is 72.2 Å². The van der Waals surface area contributed by atoms with Crippen LogP contribution in [0.5, 0.6) is 0 Å². The standard InChI is InChI=1S/C9H22N2O2S/c1-5-9(6-10)14(12,13)11-8(4)7(2)3/h7-9,11H,5-6,10H2,1-4H3. The van der Waals surface area contributed by atoms with Gasteiger partial charge in [0.25, 0.3) is 0 Å². The first-order chi connectivity index (χ1) is 6.35. The summed E-state index contributed by atoms with van der Waals surface area (Å²) in [5.74, 6) is 0.292. The molecule has 2 unspecified atom stereocenters. The predicted octanol–water partition coefficient (Wildman–Crippen LogP) is 0.688. The van der Waals surface area contributed by atoms with E-state index < -0.39 is 15.3 Å². The van der Waals surface area contributed by atoms with Crippen LogP contribution in [0, 0.1) is 5.92 Å². The van der Waals surface area contributed by atoms with Crippen molar-refractivity contribution in [1.82, 2.24) is 4.72 Å². The van der Waals surface area contributed by atoms with Crippen LogP contribution in [0.1, 0.15) is 34.1 Å². The second kappa shape index (κ2) is 5.68. The highest BCUT2D eigenvalue weighted by Crippen LogP contribution is 2.07. The monoisotopic (exact) mass is 222 g/mol. The molecule has 0 aromatic heterocycles. The first-order valence-corrected chi connectivity index (χ1v) is 6.61. The van der Waals surface area contributed by atoms with E-state index in [9.17, 15) is 8.42 Å². The molecule has 0 fully saturated rings. The summed E-state index contributed by atoms with van der Waals surface area (Å²) in [7, 11) is -3.24. The molecule has 5 heteroatoms. The molecule has 0 amide bonds. The summed E-state index contributed by atoms with van der Waals surface area (Å²) in [5, 5.41) is -0.469. The van der Waals surface area contributed by atoms with Crippen LogP contribution in [-0.2, 0) is 10.0 Å². The van der Waals surface area contributed by atoms with Gasteiger partial charge in [0.2, 0.25) is 10.0 Å². The van der Waals surface area contributed by atoms with Crippen molar-refractivity contribution in [2.45, 2.75) is 45.4 Å². The van der Waals surface area contributed by atoms with E-state index in [1.807, 2.05) is 27.7 Å². The maximum atomic E-state index is 11.7. The number of sulfonamides is 1. The van der Waals surface area contributed by atoms with Gasteiger partial charge in [0.15, 0.2) is 0 Å². The molecule has 0 aliphatic rings. The first kappa shape index (κ1) is 13.9. The fourth-order valence-corrected chi connectivity index (χ4v) is 2.68. The van der Waals surface area contributed by atoms with Crippen molar-refractivity contribution in [3.8, 4) is 0 Å². The summed E-state index contributed by atoms with van der Waals surface area (Å²) in [5.41, 5.74) is 5.40. The lowest BCUT2D eigenvalue weighted by atomic mass is 10.1. The van der Waals surface area contributed by atoms with E-state index in [1.165, 1.54) is 0 Å². The van der Waals surface area contributed by atoms with Crippen molar-refractivity contribution in [2.75, 3.05) is 6.54 Å². The molecule has 0 spiro atoms. The van der Waals surface area contributed by atoms with E-state index in [0.29, 0.717) is 12.3 Å². The Kier molecular flexibility index (Phi) is 5.63. The minimum Gasteiger partial charge on any atom is -0.329 e. The van der Waals surface area contributed by atoms with Crippen LogP contribution in [0.2, 0.25) is 0 Å². The Labute approximate surface area is 87.3 Å². The molecule has 0 saturated heterocycles. The molecular formula is C9H22N2O2S. The lowest BCUT2D eigenvalue weighted by molar-refractivity contribution is 0.470. The zero-order chi connectivity index (χ0) is 11.4. The summed E-state index contributed by atoms with van der Waals surface area (Å²) >= 11 is 0. The van der Waals surface area contributed by atoms with Gasteiger partial charge in [-0.1, -0.05) is 20.8 Å². The molecular weight excluding hydrogens is 200 g/mol. The van der Waals surface area contributed by atoms with Crippen molar-refractivity contribution in [3.05, 3.63) is 0 Å². The fourth-order valence-electron chi connectivity index (χ4n) is 1.00. The van der Waals surface area contributed by atoms with Gasteiger partial charge in [-0.25, -0.2) is 13.1 Å². The van der Waals surface area contributed by atoms with Crippen molar-refractivity contribution in [3.63, 3.8) is 0 Å². The van der Waals surface area contributed by atoms with Gasteiger partial charge in [0.05, 0.1) is 5.25 Å². The lowest BCUT2D eigenvalue weighted by Crippen LogP contribution is -2.44. The number of nitrogens with two attached hydrogens (primary N) is 1. The SMILES string of the molecule is CCC(CN)S(=O)(=O)NC(C)C(C)C. The quantitative estimate of drug-likeness (QED) is 0.694. The molecule has 86 valence electrons. The van der Waals surface area contributed by atoms with Crippen molar-refractivity contribution in [2.24, 2.45) is 11.7 Å². The van der Waals surface area contributed by atoms with E-state index in [4.69, 9.17) is 5.73 Å². The molecule has 0 rings (SSSR count). The minimum atomic E-state index is -3.24. The Morgan fingerprint density at radius 2 is 1.79 bits per heavy atom. The van der Waals surface area contributed by atoms with E-state index in [1.54, 1.807) is 0 Å². The Morgan fingerprint density at radius 1 is 1.29 bits per heavy atom. The molecule has 0 aliphatic heterocycles. The zero-order valence-electron chi connectivity index (χ0n) is 9.45. The highest BCUT2D eigenvalue weighted by Gasteiger charge is 2.24. The van der Waals surface area contributed by atoms with Gasteiger partial charge < -0.3 is 5.73 Å². The molecule has 2 atom stereocenters. The summed E-state index contributed by atoms with van der Waals surface area (Å²) < 4.78 is 26.1. The minimum absolute atomic E-state index is 0.0411. The zero-order valence-corrected chi connectivity index (χ0v) is 10.3. The molecule has 0 heterocycles. The van der Waals surface area contributed by atoms with Crippen LogP contribution in [0.25, 0.3) is 0 Å². The highest BCUT2D eigenvalue weighted by molar-refractivity contribution is 7.90.